The first-order valence-corrected chi connectivity index (χ1v) is 7.08. The van der Waals surface area contributed by atoms with Crippen LogP contribution in [0, 0.1) is 5.92 Å². The Kier molecular flexibility index (Phi) is 3.05. The van der Waals surface area contributed by atoms with Crippen molar-refractivity contribution in [1.82, 2.24) is 4.98 Å². The normalized spacial score (nSPS) is 19.5. The lowest BCUT2D eigenvalue weighted by molar-refractivity contribution is 0.492. The molecule has 2 N–H and O–H groups in total. The van der Waals surface area contributed by atoms with Crippen LogP contribution < -0.4 is 10.6 Å². The summed E-state index contributed by atoms with van der Waals surface area (Å²) in [6.45, 7) is 5.75. The monoisotopic (exact) mass is 255 g/mol. The minimum Gasteiger partial charge on any atom is -0.397 e. The second kappa shape index (κ2) is 4.72. The molecule has 100 valence electrons. The standard InChI is InChI=1S/C16H21N3/c1-11(2)14-6-4-10-19(14)15-8-7-13(17)16-12(15)5-3-9-18-16/h3,5,7-9,11,14H,4,6,10,17H2,1-2H3. The van der Waals surface area contributed by atoms with Crippen molar-refractivity contribution in [3.63, 3.8) is 0 Å². The van der Waals surface area contributed by atoms with Gasteiger partial charge in [0.05, 0.1) is 11.2 Å². The summed E-state index contributed by atoms with van der Waals surface area (Å²) in [6.07, 6.45) is 4.37. The van der Waals surface area contributed by atoms with E-state index in [1.165, 1.54) is 23.9 Å². The van der Waals surface area contributed by atoms with Crippen molar-refractivity contribution in [2.24, 2.45) is 5.92 Å². The van der Waals surface area contributed by atoms with Crippen molar-refractivity contribution in [1.29, 1.82) is 0 Å². The Labute approximate surface area is 114 Å². The largest absolute Gasteiger partial charge is 0.397 e. The van der Waals surface area contributed by atoms with E-state index in [-0.39, 0.29) is 0 Å². The minimum atomic E-state index is 0.632. The lowest BCUT2D eigenvalue weighted by Crippen LogP contribution is -2.33. The highest BCUT2D eigenvalue weighted by atomic mass is 15.2. The molecule has 3 rings (SSSR count). The van der Waals surface area contributed by atoms with Crippen LogP contribution in [-0.2, 0) is 0 Å². The maximum atomic E-state index is 6.04. The van der Waals surface area contributed by atoms with E-state index in [9.17, 15) is 0 Å². The molecule has 2 heterocycles. The third-order valence-corrected chi connectivity index (χ3v) is 4.16. The first-order valence-electron chi connectivity index (χ1n) is 7.08. The van der Waals surface area contributed by atoms with E-state index < -0.39 is 0 Å². The summed E-state index contributed by atoms with van der Waals surface area (Å²) in [5.74, 6) is 0.673. The van der Waals surface area contributed by atoms with Crippen LogP contribution in [0.3, 0.4) is 0 Å². The van der Waals surface area contributed by atoms with Gasteiger partial charge >= 0.3 is 0 Å². The molecule has 1 aromatic carbocycles. The summed E-state index contributed by atoms with van der Waals surface area (Å²) in [5.41, 5.74) is 9.01. The summed E-state index contributed by atoms with van der Waals surface area (Å²) in [6, 6.07) is 8.89. The van der Waals surface area contributed by atoms with Crippen molar-refractivity contribution in [3.05, 3.63) is 30.5 Å². The molecule has 0 saturated carbocycles. The maximum Gasteiger partial charge on any atom is 0.0951 e. The van der Waals surface area contributed by atoms with E-state index in [0.29, 0.717) is 12.0 Å². The van der Waals surface area contributed by atoms with Crippen molar-refractivity contribution < 1.29 is 0 Å². The smallest absolute Gasteiger partial charge is 0.0951 e. The summed E-state index contributed by atoms with van der Waals surface area (Å²) < 4.78 is 0. The number of hydrogen-bond donors (Lipinski definition) is 1. The number of hydrogen-bond acceptors (Lipinski definition) is 3. The summed E-state index contributed by atoms with van der Waals surface area (Å²) >= 11 is 0. The van der Waals surface area contributed by atoms with Crippen LogP contribution in [0.1, 0.15) is 26.7 Å². The van der Waals surface area contributed by atoms with E-state index in [2.05, 4.69) is 35.9 Å². The van der Waals surface area contributed by atoms with Crippen molar-refractivity contribution in [2.75, 3.05) is 17.2 Å². The molecule has 1 aliphatic rings. The lowest BCUT2D eigenvalue weighted by Gasteiger charge is -2.30. The quantitative estimate of drug-likeness (QED) is 0.836. The topological polar surface area (TPSA) is 42.1 Å². The van der Waals surface area contributed by atoms with Gasteiger partial charge in [-0.25, -0.2) is 0 Å². The number of nitrogens with zero attached hydrogens (tertiary/aromatic N) is 2. The molecule has 1 aliphatic heterocycles. The summed E-state index contributed by atoms with van der Waals surface area (Å²) in [7, 11) is 0. The lowest BCUT2D eigenvalue weighted by atomic mass is 10.0. The van der Waals surface area contributed by atoms with Gasteiger partial charge < -0.3 is 10.6 Å². The molecule has 0 aliphatic carbocycles. The number of nitrogen functional groups attached to an aromatic ring is 1. The van der Waals surface area contributed by atoms with E-state index in [1.54, 1.807) is 0 Å². The predicted molar refractivity (Wildman–Crippen MR) is 81.4 cm³/mol. The highest BCUT2D eigenvalue weighted by molar-refractivity contribution is 5.98. The van der Waals surface area contributed by atoms with Crippen LogP contribution in [-0.4, -0.2) is 17.6 Å². The average molecular weight is 255 g/mol. The van der Waals surface area contributed by atoms with Gasteiger partial charge in [0.2, 0.25) is 0 Å². The van der Waals surface area contributed by atoms with Crippen LogP contribution in [0.5, 0.6) is 0 Å². The third-order valence-electron chi connectivity index (χ3n) is 4.16. The number of nitrogens with two attached hydrogens (primary N) is 1. The molecule has 3 nitrogen and oxygen atoms in total. The number of pyridine rings is 1. The maximum absolute atomic E-state index is 6.04. The fourth-order valence-electron chi connectivity index (χ4n) is 3.21. The Hall–Kier alpha value is -1.77. The second-order valence-electron chi connectivity index (χ2n) is 5.72. The van der Waals surface area contributed by atoms with E-state index in [4.69, 9.17) is 5.73 Å². The fraction of sp³-hybridized carbons (Fsp3) is 0.438. The molecule has 1 unspecified atom stereocenters. The molecule has 0 bridgehead atoms. The molecule has 1 aromatic heterocycles. The number of fused-ring (bicyclic) bond motifs is 1. The molecular weight excluding hydrogens is 234 g/mol. The van der Waals surface area contributed by atoms with E-state index >= 15 is 0 Å². The average Bonchev–Trinajstić information content (AvgIpc) is 2.89. The molecule has 2 aromatic rings. The van der Waals surface area contributed by atoms with Gasteiger partial charge in [0, 0.05) is 29.9 Å². The Balaban J connectivity index is 2.13. The molecule has 3 heteroatoms. The predicted octanol–water partition coefficient (Wildman–Crippen LogP) is 3.44. The van der Waals surface area contributed by atoms with Gasteiger partial charge in [-0.05, 0) is 43.0 Å². The van der Waals surface area contributed by atoms with E-state index in [1.807, 2.05) is 18.3 Å². The zero-order valence-corrected chi connectivity index (χ0v) is 11.6. The molecule has 19 heavy (non-hydrogen) atoms. The Morgan fingerprint density at radius 3 is 2.95 bits per heavy atom. The Morgan fingerprint density at radius 2 is 2.16 bits per heavy atom. The van der Waals surface area contributed by atoms with Crippen molar-refractivity contribution in [3.8, 4) is 0 Å². The highest BCUT2D eigenvalue weighted by Crippen LogP contribution is 2.35. The van der Waals surface area contributed by atoms with Crippen LogP contribution in [0.25, 0.3) is 10.9 Å². The fourth-order valence-corrected chi connectivity index (χ4v) is 3.21. The van der Waals surface area contributed by atoms with Crippen LogP contribution in [0.4, 0.5) is 11.4 Å². The molecule has 1 saturated heterocycles. The zero-order chi connectivity index (χ0) is 13.4. The van der Waals surface area contributed by atoms with Gasteiger partial charge in [-0.3, -0.25) is 4.98 Å². The summed E-state index contributed by atoms with van der Waals surface area (Å²) in [4.78, 5) is 6.97. The summed E-state index contributed by atoms with van der Waals surface area (Å²) in [5, 5.41) is 1.18. The molecular formula is C16H21N3. The van der Waals surface area contributed by atoms with Crippen LogP contribution >= 0.6 is 0 Å². The van der Waals surface area contributed by atoms with Gasteiger partial charge in [0.25, 0.3) is 0 Å². The minimum absolute atomic E-state index is 0.632. The van der Waals surface area contributed by atoms with Crippen LogP contribution in [0.15, 0.2) is 30.5 Å². The molecule has 0 radical (unpaired) electrons. The molecule has 1 fully saturated rings. The van der Waals surface area contributed by atoms with Gasteiger partial charge in [0.1, 0.15) is 0 Å². The third kappa shape index (κ3) is 2.03. The Bertz CT molecular complexity index is 592. The number of aromatic nitrogens is 1. The van der Waals surface area contributed by atoms with Crippen molar-refractivity contribution >= 4 is 22.3 Å². The molecule has 1 atom stereocenters. The molecule has 0 spiro atoms. The van der Waals surface area contributed by atoms with Crippen molar-refractivity contribution in [2.45, 2.75) is 32.7 Å². The van der Waals surface area contributed by atoms with Gasteiger partial charge in [-0.1, -0.05) is 13.8 Å². The van der Waals surface area contributed by atoms with Gasteiger partial charge in [-0.15, -0.1) is 0 Å². The number of rotatable bonds is 2. The second-order valence-corrected chi connectivity index (χ2v) is 5.72. The van der Waals surface area contributed by atoms with Crippen LogP contribution in [0.2, 0.25) is 0 Å². The number of benzene rings is 1. The van der Waals surface area contributed by atoms with E-state index in [0.717, 1.165) is 17.7 Å². The first-order chi connectivity index (χ1) is 9.18. The SMILES string of the molecule is CC(C)C1CCCN1c1ccc(N)c2ncccc12. The highest BCUT2D eigenvalue weighted by Gasteiger charge is 2.28. The van der Waals surface area contributed by atoms with Gasteiger partial charge in [0.15, 0.2) is 0 Å². The molecule has 0 amide bonds. The Morgan fingerprint density at radius 1 is 1.32 bits per heavy atom. The van der Waals surface area contributed by atoms with Gasteiger partial charge in [-0.2, -0.15) is 0 Å². The first kappa shape index (κ1) is 12.3. The number of anilines is 2. The zero-order valence-electron chi connectivity index (χ0n) is 11.6.